The van der Waals surface area contributed by atoms with Crippen molar-refractivity contribution in [2.24, 2.45) is 11.8 Å². The highest BCUT2D eigenvalue weighted by Gasteiger charge is 2.26. The molecule has 0 bridgehead atoms. The van der Waals surface area contributed by atoms with Crippen molar-refractivity contribution in [3.05, 3.63) is 17.5 Å². The zero-order valence-electron chi connectivity index (χ0n) is 12.7. The lowest BCUT2D eigenvalue weighted by Gasteiger charge is -2.18. The van der Waals surface area contributed by atoms with Gasteiger partial charge in [0, 0.05) is 5.69 Å². The Balaban J connectivity index is 2.74. The van der Waals surface area contributed by atoms with Gasteiger partial charge >= 0.3 is 5.97 Å². The van der Waals surface area contributed by atoms with Gasteiger partial charge in [0.2, 0.25) is 0 Å². The van der Waals surface area contributed by atoms with Crippen molar-refractivity contribution < 1.29 is 14.3 Å². The van der Waals surface area contributed by atoms with E-state index in [1.807, 2.05) is 13.8 Å². The minimum Gasteiger partial charge on any atom is -0.467 e. The van der Waals surface area contributed by atoms with Crippen molar-refractivity contribution in [3.8, 4) is 0 Å². The van der Waals surface area contributed by atoms with Crippen LogP contribution in [0.15, 0.2) is 6.07 Å². The van der Waals surface area contributed by atoms with Crippen LogP contribution in [0, 0.1) is 11.8 Å². The third-order valence-corrected chi connectivity index (χ3v) is 2.90. The molecule has 1 unspecified atom stereocenters. The van der Waals surface area contributed by atoms with E-state index >= 15 is 0 Å². The first-order chi connectivity index (χ1) is 9.35. The molecule has 6 nitrogen and oxygen atoms in total. The molecule has 1 aromatic heterocycles. The summed E-state index contributed by atoms with van der Waals surface area (Å²) < 4.78 is 4.69. The fourth-order valence-electron chi connectivity index (χ4n) is 1.86. The van der Waals surface area contributed by atoms with Crippen LogP contribution in [-0.4, -0.2) is 35.2 Å². The molecule has 20 heavy (non-hydrogen) atoms. The number of rotatable bonds is 6. The van der Waals surface area contributed by atoms with Crippen LogP contribution in [0.3, 0.4) is 0 Å². The zero-order chi connectivity index (χ0) is 15.3. The summed E-state index contributed by atoms with van der Waals surface area (Å²) in [6, 6.07) is 1.04. The Morgan fingerprint density at radius 3 is 2.50 bits per heavy atom. The molecule has 0 fully saturated rings. The van der Waals surface area contributed by atoms with Gasteiger partial charge in [0.25, 0.3) is 5.91 Å². The number of carbonyl (C=O) groups excluding carboxylic acids is 2. The molecule has 1 atom stereocenters. The van der Waals surface area contributed by atoms with E-state index in [0.717, 1.165) is 12.1 Å². The average Bonchev–Trinajstić information content (AvgIpc) is 2.82. The molecule has 0 aliphatic carbocycles. The molecule has 0 radical (unpaired) electrons. The molecule has 1 rings (SSSR count). The van der Waals surface area contributed by atoms with E-state index in [1.54, 1.807) is 6.07 Å². The van der Waals surface area contributed by atoms with Crippen LogP contribution in [0.1, 0.15) is 43.9 Å². The maximum absolute atomic E-state index is 12.1. The number of hydrogen-bond acceptors (Lipinski definition) is 4. The number of aromatic amines is 1. The molecule has 0 aliphatic rings. The van der Waals surface area contributed by atoms with E-state index in [0.29, 0.717) is 5.92 Å². The summed E-state index contributed by atoms with van der Waals surface area (Å²) in [7, 11) is 1.30. The average molecular weight is 281 g/mol. The molecule has 1 aromatic rings. The molecular formula is C14H23N3O3. The first-order valence-electron chi connectivity index (χ1n) is 6.78. The number of H-pyrrole nitrogens is 1. The largest absolute Gasteiger partial charge is 0.467 e. The number of esters is 1. The molecule has 1 heterocycles. The molecule has 2 N–H and O–H groups in total. The lowest BCUT2D eigenvalue weighted by atomic mass is 10.0. The van der Waals surface area contributed by atoms with Gasteiger partial charge in [-0.15, -0.1) is 0 Å². The lowest BCUT2D eigenvalue weighted by Crippen LogP contribution is -2.45. The number of carbonyl (C=O) groups is 2. The summed E-state index contributed by atoms with van der Waals surface area (Å²) in [5.74, 6) is -0.406. The van der Waals surface area contributed by atoms with Gasteiger partial charge in [-0.1, -0.05) is 27.7 Å². The number of methoxy groups -OCH3 is 1. The maximum Gasteiger partial charge on any atom is 0.328 e. The quantitative estimate of drug-likeness (QED) is 0.775. The van der Waals surface area contributed by atoms with Gasteiger partial charge in [-0.2, -0.15) is 5.10 Å². The van der Waals surface area contributed by atoms with Crippen LogP contribution in [-0.2, 0) is 16.0 Å². The Hall–Kier alpha value is -1.85. The topological polar surface area (TPSA) is 84.1 Å². The molecule has 6 heteroatoms. The van der Waals surface area contributed by atoms with Crippen LogP contribution in [0.25, 0.3) is 0 Å². The summed E-state index contributed by atoms with van der Waals surface area (Å²) in [6.45, 7) is 7.87. The van der Waals surface area contributed by atoms with Crippen LogP contribution < -0.4 is 5.32 Å². The van der Waals surface area contributed by atoms with E-state index in [2.05, 4.69) is 34.1 Å². The SMILES string of the molecule is COC(=O)C(NC(=O)c1cc(CC(C)C)[nH]n1)C(C)C. The second kappa shape index (κ2) is 7.07. The number of nitrogens with one attached hydrogen (secondary N) is 2. The van der Waals surface area contributed by atoms with E-state index < -0.39 is 12.0 Å². The molecule has 0 spiro atoms. The van der Waals surface area contributed by atoms with Crippen LogP contribution >= 0.6 is 0 Å². The summed E-state index contributed by atoms with van der Waals surface area (Å²) in [6.07, 6.45) is 0.824. The summed E-state index contributed by atoms with van der Waals surface area (Å²) >= 11 is 0. The van der Waals surface area contributed by atoms with Crippen LogP contribution in [0.5, 0.6) is 0 Å². The monoisotopic (exact) mass is 281 g/mol. The van der Waals surface area contributed by atoms with Gasteiger partial charge in [-0.05, 0) is 24.3 Å². The number of nitrogens with zero attached hydrogens (tertiary/aromatic N) is 1. The summed E-state index contributed by atoms with van der Waals surface area (Å²) in [5, 5.41) is 9.47. The van der Waals surface area contributed by atoms with Gasteiger partial charge in [0.1, 0.15) is 11.7 Å². The van der Waals surface area contributed by atoms with Crippen molar-refractivity contribution in [1.82, 2.24) is 15.5 Å². The molecule has 1 amide bonds. The molecule has 0 saturated heterocycles. The fourth-order valence-corrected chi connectivity index (χ4v) is 1.86. The number of ether oxygens (including phenoxy) is 1. The Morgan fingerprint density at radius 1 is 1.35 bits per heavy atom. The Morgan fingerprint density at radius 2 is 2.00 bits per heavy atom. The predicted octanol–water partition coefficient (Wildman–Crippen LogP) is 1.54. The van der Waals surface area contributed by atoms with Crippen molar-refractivity contribution in [2.45, 2.75) is 40.2 Å². The van der Waals surface area contributed by atoms with E-state index in [4.69, 9.17) is 0 Å². The van der Waals surface area contributed by atoms with Crippen LogP contribution in [0.4, 0.5) is 0 Å². The van der Waals surface area contributed by atoms with Gasteiger partial charge in [-0.25, -0.2) is 4.79 Å². The Kier molecular flexibility index (Phi) is 5.73. The van der Waals surface area contributed by atoms with E-state index in [1.165, 1.54) is 7.11 Å². The zero-order valence-corrected chi connectivity index (χ0v) is 12.7. The minimum atomic E-state index is -0.669. The molecule has 0 aliphatic heterocycles. The maximum atomic E-state index is 12.1. The molecule has 0 saturated carbocycles. The van der Waals surface area contributed by atoms with E-state index in [9.17, 15) is 9.59 Å². The molecule has 112 valence electrons. The molecule has 0 aromatic carbocycles. The van der Waals surface area contributed by atoms with Gasteiger partial charge < -0.3 is 10.1 Å². The third kappa shape index (κ3) is 4.36. The second-order valence-electron chi connectivity index (χ2n) is 5.59. The van der Waals surface area contributed by atoms with E-state index in [-0.39, 0.29) is 17.5 Å². The summed E-state index contributed by atoms with van der Waals surface area (Å²) in [4.78, 5) is 23.7. The predicted molar refractivity (Wildman–Crippen MR) is 75.2 cm³/mol. The highest BCUT2D eigenvalue weighted by atomic mass is 16.5. The minimum absolute atomic E-state index is 0.0551. The first kappa shape index (κ1) is 16.2. The van der Waals surface area contributed by atoms with Crippen molar-refractivity contribution in [1.29, 1.82) is 0 Å². The Bertz CT molecular complexity index is 466. The summed E-state index contributed by atoms with van der Waals surface area (Å²) in [5.41, 5.74) is 1.19. The highest BCUT2D eigenvalue weighted by Crippen LogP contribution is 2.09. The van der Waals surface area contributed by atoms with Crippen molar-refractivity contribution in [2.75, 3.05) is 7.11 Å². The lowest BCUT2D eigenvalue weighted by molar-refractivity contribution is -0.144. The number of amides is 1. The first-order valence-corrected chi connectivity index (χ1v) is 6.78. The van der Waals surface area contributed by atoms with Gasteiger partial charge in [0.05, 0.1) is 7.11 Å². The van der Waals surface area contributed by atoms with Gasteiger partial charge in [-0.3, -0.25) is 9.89 Å². The third-order valence-electron chi connectivity index (χ3n) is 2.90. The Labute approximate surface area is 119 Å². The normalized spacial score (nSPS) is 12.6. The molecular weight excluding hydrogens is 258 g/mol. The van der Waals surface area contributed by atoms with Crippen molar-refractivity contribution in [3.63, 3.8) is 0 Å². The highest BCUT2D eigenvalue weighted by molar-refractivity contribution is 5.95. The van der Waals surface area contributed by atoms with Crippen molar-refractivity contribution >= 4 is 11.9 Å². The fraction of sp³-hybridized carbons (Fsp3) is 0.643. The number of hydrogen-bond donors (Lipinski definition) is 2. The van der Waals surface area contributed by atoms with Gasteiger partial charge in [0.15, 0.2) is 0 Å². The second-order valence-corrected chi connectivity index (χ2v) is 5.59. The smallest absolute Gasteiger partial charge is 0.328 e. The standard InChI is InChI=1S/C14H23N3O3/c1-8(2)6-10-7-11(17-16-10)13(18)15-12(9(3)4)14(19)20-5/h7-9,12H,6H2,1-5H3,(H,15,18)(H,16,17). The number of aromatic nitrogens is 2. The van der Waals surface area contributed by atoms with Crippen LogP contribution in [0.2, 0.25) is 0 Å².